The Kier molecular flexibility index (Phi) is 3.16. The molecule has 0 saturated carbocycles. The van der Waals surface area contributed by atoms with Crippen molar-refractivity contribution in [2.45, 2.75) is 0 Å². The van der Waals surface area contributed by atoms with E-state index in [-0.39, 0.29) is 5.56 Å². The molecule has 0 saturated heterocycles. The van der Waals surface area contributed by atoms with Gasteiger partial charge in [0.15, 0.2) is 0 Å². The molecule has 0 radical (unpaired) electrons. The summed E-state index contributed by atoms with van der Waals surface area (Å²) in [5.41, 5.74) is 1.21. The zero-order valence-electron chi connectivity index (χ0n) is 8.37. The van der Waals surface area contributed by atoms with E-state index in [1.165, 1.54) is 0 Å². The third kappa shape index (κ3) is 2.45. The van der Waals surface area contributed by atoms with Crippen LogP contribution in [-0.2, 0) is 0 Å². The van der Waals surface area contributed by atoms with Crippen LogP contribution in [0.2, 0.25) is 0 Å². The average molecular weight is 305 g/mol. The molecule has 0 fully saturated rings. The van der Waals surface area contributed by atoms with Gasteiger partial charge in [-0.3, -0.25) is 4.48 Å². The quantitative estimate of drug-likeness (QED) is 0.600. The lowest BCUT2D eigenvalue weighted by Crippen LogP contribution is -2.35. The van der Waals surface area contributed by atoms with Crippen molar-refractivity contribution in [3.8, 4) is 0 Å². The van der Waals surface area contributed by atoms with Crippen LogP contribution in [0, 0.1) is 3.57 Å². The first kappa shape index (κ1) is 11.5. The van der Waals surface area contributed by atoms with Gasteiger partial charge >= 0.3 is 0 Å². The summed E-state index contributed by atoms with van der Waals surface area (Å²) in [5.74, 6) is -1.12. The number of hydrogen-bond acceptors (Lipinski definition) is 2. The molecule has 14 heavy (non-hydrogen) atoms. The lowest BCUT2D eigenvalue weighted by atomic mass is 10.2. The second-order valence-corrected chi connectivity index (χ2v) is 5.13. The van der Waals surface area contributed by atoms with Crippen LogP contribution in [0.15, 0.2) is 18.2 Å². The standard InChI is InChI=1S/C10H12INO2/c1-12(2,3)7-4-5-9(11)8(6-7)10(13)14/h4-6H,1-3H3. The van der Waals surface area contributed by atoms with Crippen LogP contribution in [0.4, 0.5) is 5.69 Å². The number of carbonyl (C=O) groups excluding carboxylic acids is 1. The molecule has 4 heteroatoms. The monoisotopic (exact) mass is 305 g/mol. The summed E-state index contributed by atoms with van der Waals surface area (Å²) in [5, 5.41) is 10.8. The van der Waals surface area contributed by atoms with Gasteiger partial charge in [0.25, 0.3) is 0 Å². The van der Waals surface area contributed by atoms with E-state index in [9.17, 15) is 9.90 Å². The zero-order valence-corrected chi connectivity index (χ0v) is 10.5. The highest BCUT2D eigenvalue weighted by Crippen LogP contribution is 2.22. The fourth-order valence-electron chi connectivity index (χ4n) is 1.09. The topological polar surface area (TPSA) is 40.1 Å². The minimum atomic E-state index is -1.12. The number of aromatic carboxylic acids is 1. The minimum absolute atomic E-state index is 0.260. The number of carboxylic acid groups (broad SMARTS) is 1. The zero-order chi connectivity index (χ0) is 10.9. The molecule has 0 atom stereocenters. The molecule has 0 aromatic heterocycles. The minimum Gasteiger partial charge on any atom is -0.545 e. The van der Waals surface area contributed by atoms with Gasteiger partial charge in [-0.05, 0) is 28.7 Å². The van der Waals surface area contributed by atoms with Crippen molar-refractivity contribution < 1.29 is 9.90 Å². The van der Waals surface area contributed by atoms with Crippen molar-refractivity contribution in [1.82, 2.24) is 4.48 Å². The van der Waals surface area contributed by atoms with Crippen molar-refractivity contribution in [2.75, 3.05) is 21.1 Å². The van der Waals surface area contributed by atoms with Gasteiger partial charge in [-0.15, -0.1) is 0 Å². The van der Waals surface area contributed by atoms with Gasteiger partial charge in [-0.2, -0.15) is 0 Å². The highest BCUT2D eigenvalue weighted by molar-refractivity contribution is 14.1. The van der Waals surface area contributed by atoms with Crippen molar-refractivity contribution in [2.24, 2.45) is 0 Å². The molecule has 1 aromatic carbocycles. The van der Waals surface area contributed by atoms with E-state index in [1.807, 2.05) is 49.8 Å². The van der Waals surface area contributed by atoms with Crippen molar-refractivity contribution in [1.29, 1.82) is 0 Å². The van der Waals surface area contributed by atoms with Gasteiger partial charge in [-0.25, -0.2) is 0 Å². The molecule has 0 aliphatic carbocycles. The number of carbonyl (C=O) groups is 1. The number of nitrogens with zero attached hydrogens (tertiary/aromatic N) is 1. The molecule has 0 N–H and O–H groups in total. The molecule has 0 aliphatic heterocycles. The Balaban J connectivity index is 3.27. The molecule has 0 unspecified atom stereocenters. The number of quaternary nitrogens is 1. The third-order valence-corrected chi connectivity index (χ3v) is 2.89. The second kappa shape index (κ2) is 3.86. The Hall–Kier alpha value is -0.620. The van der Waals surface area contributed by atoms with Gasteiger partial charge in [0.1, 0.15) is 5.69 Å². The smallest absolute Gasteiger partial charge is 0.132 e. The summed E-state index contributed by atoms with van der Waals surface area (Å²) in [6.45, 7) is 0. The van der Waals surface area contributed by atoms with Crippen molar-refractivity contribution in [3.05, 3.63) is 27.3 Å². The van der Waals surface area contributed by atoms with Crippen LogP contribution in [0.1, 0.15) is 10.4 Å². The van der Waals surface area contributed by atoms with E-state index in [0.717, 1.165) is 5.69 Å². The molecule has 0 spiro atoms. The maximum absolute atomic E-state index is 10.8. The molecule has 0 aliphatic rings. The van der Waals surface area contributed by atoms with Gasteiger partial charge in [0, 0.05) is 21.3 Å². The Labute approximate surface area is 97.1 Å². The Morgan fingerprint density at radius 2 is 1.93 bits per heavy atom. The number of benzene rings is 1. The maximum Gasteiger partial charge on any atom is 0.132 e. The Morgan fingerprint density at radius 3 is 2.36 bits per heavy atom. The number of halogens is 1. The Morgan fingerprint density at radius 1 is 1.36 bits per heavy atom. The lowest BCUT2D eigenvalue weighted by molar-refractivity contribution is -0.255. The van der Waals surface area contributed by atoms with Gasteiger partial charge in [0.2, 0.25) is 0 Å². The first-order chi connectivity index (χ1) is 6.32. The second-order valence-electron chi connectivity index (χ2n) is 3.96. The largest absolute Gasteiger partial charge is 0.545 e. The fourth-order valence-corrected chi connectivity index (χ4v) is 1.64. The van der Waals surface area contributed by atoms with Crippen molar-refractivity contribution in [3.63, 3.8) is 0 Å². The van der Waals surface area contributed by atoms with E-state index in [0.29, 0.717) is 8.05 Å². The van der Waals surface area contributed by atoms with E-state index in [2.05, 4.69) is 0 Å². The van der Waals surface area contributed by atoms with Crippen LogP contribution < -0.4 is 9.59 Å². The van der Waals surface area contributed by atoms with E-state index >= 15 is 0 Å². The average Bonchev–Trinajstić information content (AvgIpc) is 2.02. The summed E-state index contributed by atoms with van der Waals surface area (Å²) in [6, 6.07) is 5.38. The highest BCUT2D eigenvalue weighted by atomic mass is 127. The first-order valence-electron chi connectivity index (χ1n) is 4.15. The summed E-state index contributed by atoms with van der Waals surface area (Å²) < 4.78 is 1.30. The lowest BCUT2D eigenvalue weighted by Gasteiger charge is -2.24. The van der Waals surface area contributed by atoms with Crippen LogP contribution in [0.25, 0.3) is 0 Å². The molecular formula is C10H12INO2. The highest BCUT2D eigenvalue weighted by Gasteiger charge is 2.14. The van der Waals surface area contributed by atoms with Crippen molar-refractivity contribution >= 4 is 34.2 Å². The SMILES string of the molecule is C[N+](C)(C)c1ccc(I)c(C(=O)[O-])c1. The predicted octanol–water partition coefficient (Wildman–Crippen LogP) is 0.851. The Bertz CT molecular complexity index is 369. The molecule has 3 nitrogen and oxygen atoms in total. The molecule has 0 heterocycles. The van der Waals surface area contributed by atoms with Gasteiger partial charge in [-0.1, -0.05) is 0 Å². The third-order valence-electron chi connectivity index (χ3n) is 1.94. The number of carboxylic acids is 1. The maximum atomic E-state index is 10.8. The van der Waals surface area contributed by atoms with Crippen LogP contribution >= 0.6 is 22.6 Å². The van der Waals surface area contributed by atoms with Crippen LogP contribution in [0.3, 0.4) is 0 Å². The van der Waals surface area contributed by atoms with E-state index in [1.54, 1.807) is 12.1 Å². The van der Waals surface area contributed by atoms with Gasteiger partial charge < -0.3 is 9.90 Å². The fraction of sp³-hybridized carbons (Fsp3) is 0.300. The first-order valence-corrected chi connectivity index (χ1v) is 5.23. The van der Waals surface area contributed by atoms with E-state index < -0.39 is 5.97 Å². The summed E-state index contributed by atoms with van der Waals surface area (Å²) in [4.78, 5) is 10.8. The van der Waals surface area contributed by atoms with Crippen LogP contribution in [0.5, 0.6) is 0 Å². The normalized spacial score (nSPS) is 11.4. The number of hydrogen-bond donors (Lipinski definition) is 0. The molecular weight excluding hydrogens is 293 g/mol. The summed E-state index contributed by atoms with van der Waals surface area (Å²) >= 11 is 1.99. The van der Waals surface area contributed by atoms with Crippen LogP contribution in [-0.4, -0.2) is 27.1 Å². The van der Waals surface area contributed by atoms with Gasteiger partial charge in [0.05, 0.1) is 27.1 Å². The molecule has 76 valence electrons. The number of rotatable bonds is 2. The summed E-state index contributed by atoms with van der Waals surface area (Å²) in [6.07, 6.45) is 0. The summed E-state index contributed by atoms with van der Waals surface area (Å²) in [7, 11) is 5.96. The molecule has 1 rings (SSSR count). The molecule has 1 aromatic rings. The molecule has 0 bridgehead atoms. The predicted molar refractivity (Wildman–Crippen MR) is 63.1 cm³/mol. The van der Waals surface area contributed by atoms with E-state index in [4.69, 9.17) is 0 Å². The molecule has 0 amide bonds.